The normalized spacial score (nSPS) is 10.8. The third kappa shape index (κ3) is 5.84. The molecule has 0 bridgehead atoms. The first-order valence-corrected chi connectivity index (χ1v) is 9.84. The molecule has 3 aromatic carbocycles. The molecule has 0 N–H and O–H groups in total. The number of carbonyl (C=O) groups excluding carboxylic acids is 1. The molecule has 0 amide bonds. The first-order valence-electron chi connectivity index (χ1n) is 9.09. The molecule has 0 heterocycles. The van der Waals surface area contributed by atoms with Gasteiger partial charge in [-0.2, -0.15) is 0 Å². The number of rotatable bonds is 8. The number of nitro groups is 1. The number of carbonyl (C=O) groups is 1. The number of nitro benzene ring substituents is 1. The lowest BCUT2D eigenvalue weighted by Crippen LogP contribution is -2.00. The van der Waals surface area contributed by atoms with Gasteiger partial charge in [-0.3, -0.25) is 14.9 Å². The van der Waals surface area contributed by atoms with Gasteiger partial charge in [-0.1, -0.05) is 35.3 Å². The van der Waals surface area contributed by atoms with Crippen molar-refractivity contribution in [3.8, 4) is 11.5 Å². The van der Waals surface area contributed by atoms with Gasteiger partial charge in [-0.15, -0.1) is 0 Å². The summed E-state index contributed by atoms with van der Waals surface area (Å²) in [6, 6.07) is 16.0. The van der Waals surface area contributed by atoms with Crippen LogP contribution in [0.1, 0.15) is 21.5 Å². The molecule has 8 heteroatoms. The van der Waals surface area contributed by atoms with E-state index in [1.165, 1.54) is 31.4 Å². The van der Waals surface area contributed by atoms with Crippen LogP contribution in [0.2, 0.25) is 10.0 Å². The summed E-state index contributed by atoms with van der Waals surface area (Å²) >= 11 is 11.9. The summed E-state index contributed by atoms with van der Waals surface area (Å²) in [6.07, 6.45) is 3.17. The molecule has 3 rings (SSSR count). The molecule has 0 aromatic heterocycles. The zero-order valence-corrected chi connectivity index (χ0v) is 17.9. The summed E-state index contributed by atoms with van der Waals surface area (Å²) < 4.78 is 11.1. The Hall–Kier alpha value is -3.35. The van der Waals surface area contributed by atoms with Gasteiger partial charge in [-0.25, -0.2) is 0 Å². The standard InChI is InChI=1S/C23H17Cl2NO5/c1-30-22-10-3-15(2-9-21(27)16-4-6-18(24)7-5-16)12-17(22)14-31-23-11-8-19(26(28)29)13-20(23)25/h2-13H,14H2,1H3/b9-2+. The predicted octanol–water partition coefficient (Wildman–Crippen LogP) is 6.39. The van der Waals surface area contributed by atoms with Crippen molar-refractivity contribution >= 4 is 40.7 Å². The summed E-state index contributed by atoms with van der Waals surface area (Å²) in [5.74, 6) is 0.760. The lowest BCUT2D eigenvalue weighted by molar-refractivity contribution is -0.384. The fraction of sp³-hybridized carbons (Fsp3) is 0.0870. The highest BCUT2D eigenvalue weighted by atomic mass is 35.5. The Labute approximate surface area is 188 Å². The third-order valence-corrected chi connectivity index (χ3v) is 4.92. The van der Waals surface area contributed by atoms with Crippen LogP contribution in [0.15, 0.2) is 66.7 Å². The second kappa shape index (κ2) is 10.1. The molecule has 0 saturated carbocycles. The molecular weight excluding hydrogens is 441 g/mol. The third-order valence-electron chi connectivity index (χ3n) is 4.37. The van der Waals surface area contributed by atoms with E-state index in [-0.39, 0.29) is 23.1 Å². The molecule has 0 atom stereocenters. The highest BCUT2D eigenvalue weighted by molar-refractivity contribution is 6.32. The van der Waals surface area contributed by atoms with Gasteiger partial charge in [0.05, 0.1) is 17.1 Å². The van der Waals surface area contributed by atoms with Gasteiger partial charge in [0.15, 0.2) is 5.78 Å². The minimum Gasteiger partial charge on any atom is -0.496 e. The van der Waals surface area contributed by atoms with Crippen molar-refractivity contribution in [1.29, 1.82) is 0 Å². The highest BCUT2D eigenvalue weighted by Gasteiger charge is 2.12. The van der Waals surface area contributed by atoms with E-state index < -0.39 is 4.92 Å². The number of nitrogens with zero attached hydrogens (tertiary/aromatic N) is 1. The Morgan fingerprint density at radius 3 is 2.39 bits per heavy atom. The van der Waals surface area contributed by atoms with Crippen molar-refractivity contribution < 1.29 is 19.2 Å². The molecule has 158 valence electrons. The number of hydrogen-bond acceptors (Lipinski definition) is 5. The Morgan fingerprint density at radius 1 is 1.03 bits per heavy atom. The van der Waals surface area contributed by atoms with Crippen molar-refractivity contribution in [3.63, 3.8) is 0 Å². The minimum atomic E-state index is -0.528. The van der Waals surface area contributed by atoms with Crippen LogP contribution in [-0.4, -0.2) is 17.8 Å². The molecule has 31 heavy (non-hydrogen) atoms. The van der Waals surface area contributed by atoms with E-state index in [0.29, 0.717) is 22.1 Å². The molecule has 3 aromatic rings. The number of methoxy groups -OCH3 is 1. The lowest BCUT2D eigenvalue weighted by atomic mass is 10.1. The SMILES string of the molecule is COc1ccc(/C=C/C(=O)c2ccc(Cl)cc2)cc1COc1ccc([N+](=O)[O-])cc1Cl. The van der Waals surface area contributed by atoms with Gasteiger partial charge in [-0.05, 0) is 54.1 Å². The van der Waals surface area contributed by atoms with Crippen molar-refractivity contribution in [2.24, 2.45) is 0 Å². The number of ketones is 1. The van der Waals surface area contributed by atoms with Crippen LogP contribution in [0.25, 0.3) is 6.08 Å². The molecule has 0 spiro atoms. The fourth-order valence-corrected chi connectivity index (χ4v) is 3.13. The number of ether oxygens (including phenoxy) is 2. The van der Waals surface area contributed by atoms with Crippen LogP contribution in [-0.2, 0) is 6.61 Å². The first kappa shape index (κ1) is 22.3. The smallest absolute Gasteiger partial charge is 0.271 e. The Bertz CT molecular complexity index is 1140. The maximum atomic E-state index is 12.3. The van der Waals surface area contributed by atoms with E-state index in [0.717, 1.165) is 11.1 Å². The molecule has 0 fully saturated rings. The van der Waals surface area contributed by atoms with Gasteiger partial charge in [0.2, 0.25) is 0 Å². The minimum absolute atomic E-state index is 0.118. The van der Waals surface area contributed by atoms with Gasteiger partial charge < -0.3 is 9.47 Å². The van der Waals surface area contributed by atoms with Crippen molar-refractivity contribution in [2.75, 3.05) is 7.11 Å². The molecule has 0 unspecified atom stereocenters. The van der Waals surface area contributed by atoms with Crippen LogP contribution in [0, 0.1) is 10.1 Å². The lowest BCUT2D eigenvalue weighted by Gasteiger charge is -2.12. The van der Waals surface area contributed by atoms with Crippen molar-refractivity contribution in [3.05, 3.63) is 104 Å². The van der Waals surface area contributed by atoms with Crippen LogP contribution in [0.4, 0.5) is 5.69 Å². The maximum absolute atomic E-state index is 12.3. The second-order valence-corrected chi connectivity index (χ2v) is 7.28. The number of allylic oxidation sites excluding steroid dienone is 1. The van der Waals surface area contributed by atoms with Crippen LogP contribution < -0.4 is 9.47 Å². The number of halogens is 2. The summed E-state index contributed by atoms with van der Waals surface area (Å²) in [4.78, 5) is 22.6. The molecular formula is C23H17Cl2NO5. The maximum Gasteiger partial charge on any atom is 0.271 e. The van der Waals surface area contributed by atoms with E-state index in [2.05, 4.69) is 0 Å². The summed E-state index contributed by atoms with van der Waals surface area (Å²) in [7, 11) is 1.54. The predicted molar refractivity (Wildman–Crippen MR) is 120 cm³/mol. The highest BCUT2D eigenvalue weighted by Crippen LogP contribution is 2.30. The average Bonchev–Trinajstić information content (AvgIpc) is 2.77. The zero-order chi connectivity index (χ0) is 22.4. The number of non-ortho nitro benzene ring substituents is 1. The summed E-state index contributed by atoms with van der Waals surface area (Å²) in [5, 5.41) is 11.5. The molecule has 0 aliphatic heterocycles. The Kier molecular flexibility index (Phi) is 7.28. The largest absolute Gasteiger partial charge is 0.496 e. The fourth-order valence-electron chi connectivity index (χ4n) is 2.77. The summed E-state index contributed by atoms with van der Waals surface area (Å²) in [6.45, 7) is 0.119. The molecule has 6 nitrogen and oxygen atoms in total. The van der Waals surface area contributed by atoms with E-state index >= 15 is 0 Å². The van der Waals surface area contributed by atoms with Crippen LogP contribution in [0.5, 0.6) is 11.5 Å². The van der Waals surface area contributed by atoms with Crippen LogP contribution in [0.3, 0.4) is 0 Å². The average molecular weight is 458 g/mol. The topological polar surface area (TPSA) is 78.7 Å². The Balaban J connectivity index is 1.75. The zero-order valence-electron chi connectivity index (χ0n) is 16.4. The van der Waals surface area contributed by atoms with Gasteiger partial charge in [0.1, 0.15) is 18.1 Å². The van der Waals surface area contributed by atoms with E-state index in [4.69, 9.17) is 32.7 Å². The van der Waals surface area contributed by atoms with E-state index in [9.17, 15) is 14.9 Å². The Morgan fingerprint density at radius 2 is 1.74 bits per heavy atom. The monoisotopic (exact) mass is 457 g/mol. The van der Waals surface area contributed by atoms with Gasteiger partial charge >= 0.3 is 0 Å². The van der Waals surface area contributed by atoms with Gasteiger partial charge in [0.25, 0.3) is 5.69 Å². The van der Waals surface area contributed by atoms with Crippen molar-refractivity contribution in [1.82, 2.24) is 0 Å². The number of benzene rings is 3. The van der Waals surface area contributed by atoms with Crippen LogP contribution >= 0.6 is 23.2 Å². The van der Waals surface area contributed by atoms with E-state index in [1.54, 1.807) is 36.4 Å². The van der Waals surface area contributed by atoms with Gasteiger partial charge in [0, 0.05) is 28.3 Å². The number of hydrogen-bond donors (Lipinski definition) is 0. The summed E-state index contributed by atoms with van der Waals surface area (Å²) in [5.41, 5.74) is 1.91. The second-order valence-electron chi connectivity index (χ2n) is 6.44. The molecule has 0 aliphatic carbocycles. The molecule has 0 saturated heterocycles. The first-order chi connectivity index (χ1) is 14.9. The molecule has 0 aliphatic rings. The quantitative estimate of drug-likeness (QED) is 0.169. The van der Waals surface area contributed by atoms with Crippen molar-refractivity contribution in [2.45, 2.75) is 6.61 Å². The molecule has 0 radical (unpaired) electrons. The van der Waals surface area contributed by atoms with E-state index in [1.807, 2.05) is 12.1 Å².